The zero-order chi connectivity index (χ0) is 15.5. The van der Waals surface area contributed by atoms with Gasteiger partial charge in [0.1, 0.15) is 5.82 Å². The quantitative estimate of drug-likeness (QED) is 0.835. The number of aliphatic hydroxyl groups is 1. The average molecular weight is 305 g/mol. The minimum atomic E-state index is -4.55. The van der Waals surface area contributed by atoms with Gasteiger partial charge < -0.3 is 10.4 Å². The van der Waals surface area contributed by atoms with Gasteiger partial charge in [0, 0.05) is 13.1 Å². The van der Waals surface area contributed by atoms with E-state index in [0.29, 0.717) is 12.6 Å². The van der Waals surface area contributed by atoms with Gasteiger partial charge in [-0.05, 0) is 42.5 Å². The molecule has 0 saturated heterocycles. The molecule has 1 aliphatic rings. The summed E-state index contributed by atoms with van der Waals surface area (Å²) in [5, 5.41) is 12.8. The van der Waals surface area contributed by atoms with Crippen molar-refractivity contribution >= 4 is 0 Å². The summed E-state index contributed by atoms with van der Waals surface area (Å²) >= 11 is 0. The van der Waals surface area contributed by atoms with Gasteiger partial charge in [0.05, 0.1) is 11.7 Å². The van der Waals surface area contributed by atoms with Crippen molar-refractivity contribution in [1.82, 2.24) is 5.32 Å². The van der Waals surface area contributed by atoms with Crippen molar-refractivity contribution in [2.75, 3.05) is 6.54 Å². The second-order valence-corrected chi connectivity index (χ2v) is 5.59. The van der Waals surface area contributed by atoms with Crippen LogP contribution < -0.4 is 5.32 Å². The molecule has 6 heteroatoms. The molecule has 1 saturated carbocycles. The second kappa shape index (κ2) is 6.75. The van der Waals surface area contributed by atoms with Crippen LogP contribution in [0, 0.1) is 11.7 Å². The summed E-state index contributed by atoms with van der Waals surface area (Å²) in [6.45, 7) is 0.684. The molecule has 2 atom stereocenters. The van der Waals surface area contributed by atoms with Crippen LogP contribution in [0.5, 0.6) is 0 Å². The highest BCUT2D eigenvalue weighted by molar-refractivity contribution is 5.26. The predicted octanol–water partition coefficient (Wildman–Crippen LogP) is 3.49. The molecule has 2 unspecified atom stereocenters. The SMILES string of the molecule is OC1CCCCC1CNCc1cc(F)cc(C(F)(F)F)c1. The third-order valence-electron chi connectivity index (χ3n) is 3.89. The van der Waals surface area contributed by atoms with E-state index in [2.05, 4.69) is 5.32 Å². The largest absolute Gasteiger partial charge is 0.416 e. The summed E-state index contributed by atoms with van der Waals surface area (Å²) in [4.78, 5) is 0. The normalized spacial score (nSPS) is 23.3. The number of alkyl halides is 3. The predicted molar refractivity (Wildman–Crippen MR) is 71.1 cm³/mol. The van der Waals surface area contributed by atoms with Crippen molar-refractivity contribution in [2.45, 2.75) is 44.5 Å². The fraction of sp³-hybridized carbons (Fsp3) is 0.600. The van der Waals surface area contributed by atoms with E-state index in [9.17, 15) is 22.7 Å². The number of nitrogens with one attached hydrogen (secondary N) is 1. The summed E-state index contributed by atoms with van der Waals surface area (Å²) < 4.78 is 51.0. The van der Waals surface area contributed by atoms with Crippen LogP contribution in [0.2, 0.25) is 0 Å². The van der Waals surface area contributed by atoms with E-state index < -0.39 is 17.6 Å². The van der Waals surface area contributed by atoms with Crippen LogP contribution in [0.25, 0.3) is 0 Å². The Morgan fingerprint density at radius 3 is 2.52 bits per heavy atom. The molecule has 2 N–H and O–H groups in total. The van der Waals surface area contributed by atoms with E-state index >= 15 is 0 Å². The summed E-state index contributed by atoms with van der Waals surface area (Å²) in [6.07, 6.45) is -1.16. The Balaban J connectivity index is 1.92. The Morgan fingerprint density at radius 1 is 1.14 bits per heavy atom. The van der Waals surface area contributed by atoms with Gasteiger partial charge in [-0.3, -0.25) is 0 Å². The van der Waals surface area contributed by atoms with Crippen LogP contribution in [-0.4, -0.2) is 17.8 Å². The van der Waals surface area contributed by atoms with Crippen molar-refractivity contribution in [3.8, 4) is 0 Å². The first kappa shape index (κ1) is 16.2. The van der Waals surface area contributed by atoms with E-state index in [1.54, 1.807) is 0 Å². The molecule has 118 valence electrons. The van der Waals surface area contributed by atoms with Gasteiger partial charge in [-0.25, -0.2) is 4.39 Å². The number of rotatable bonds is 4. The first-order valence-electron chi connectivity index (χ1n) is 7.11. The molecule has 0 bridgehead atoms. The highest BCUT2D eigenvalue weighted by atomic mass is 19.4. The smallest absolute Gasteiger partial charge is 0.393 e. The minimum absolute atomic E-state index is 0.120. The van der Waals surface area contributed by atoms with Gasteiger partial charge in [-0.15, -0.1) is 0 Å². The lowest BCUT2D eigenvalue weighted by Crippen LogP contribution is -2.33. The second-order valence-electron chi connectivity index (χ2n) is 5.59. The lowest BCUT2D eigenvalue weighted by Gasteiger charge is -2.27. The molecule has 1 aromatic rings. The number of halogens is 4. The Labute approximate surface area is 121 Å². The van der Waals surface area contributed by atoms with Crippen molar-refractivity contribution in [1.29, 1.82) is 0 Å². The van der Waals surface area contributed by atoms with Crippen LogP contribution in [-0.2, 0) is 12.7 Å². The van der Waals surface area contributed by atoms with Gasteiger partial charge in [0.15, 0.2) is 0 Å². The Hall–Kier alpha value is -1.14. The number of benzene rings is 1. The Kier molecular flexibility index (Phi) is 5.22. The molecule has 0 amide bonds. The van der Waals surface area contributed by atoms with E-state index in [4.69, 9.17) is 0 Å². The molecular formula is C15H19F4NO. The molecule has 0 spiro atoms. The number of hydrogen-bond donors (Lipinski definition) is 2. The summed E-state index contributed by atoms with van der Waals surface area (Å²) in [7, 11) is 0. The standard InChI is InChI=1S/C15H19F4NO/c16-13-6-10(5-12(7-13)15(17,18)19)8-20-9-11-3-1-2-4-14(11)21/h5-7,11,14,20-21H,1-4,8-9H2. The van der Waals surface area contributed by atoms with E-state index in [1.165, 1.54) is 0 Å². The summed E-state index contributed by atoms with van der Waals surface area (Å²) in [6, 6.07) is 2.54. The van der Waals surface area contributed by atoms with Crippen molar-refractivity contribution in [3.63, 3.8) is 0 Å². The zero-order valence-corrected chi connectivity index (χ0v) is 11.6. The lowest BCUT2D eigenvalue weighted by molar-refractivity contribution is -0.137. The minimum Gasteiger partial charge on any atom is -0.393 e. The molecule has 0 radical (unpaired) electrons. The highest BCUT2D eigenvalue weighted by Gasteiger charge is 2.31. The van der Waals surface area contributed by atoms with Gasteiger partial charge in [-0.1, -0.05) is 12.8 Å². The molecule has 1 fully saturated rings. The molecule has 2 nitrogen and oxygen atoms in total. The van der Waals surface area contributed by atoms with Crippen LogP contribution in [0.15, 0.2) is 18.2 Å². The molecule has 1 aliphatic carbocycles. The van der Waals surface area contributed by atoms with Crippen LogP contribution in [0.4, 0.5) is 17.6 Å². The van der Waals surface area contributed by atoms with Gasteiger partial charge in [0.2, 0.25) is 0 Å². The topological polar surface area (TPSA) is 32.3 Å². The van der Waals surface area contributed by atoms with E-state index in [1.807, 2.05) is 0 Å². The molecular weight excluding hydrogens is 286 g/mol. The Morgan fingerprint density at radius 2 is 1.86 bits per heavy atom. The molecule has 1 aromatic carbocycles. The third-order valence-corrected chi connectivity index (χ3v) is 3.89. The van der Waals surface area contributed by atoms with Gasteiger partial charge in [-0.2, -0.15) is 13.2 Å². The fourth-order valence-electron chi connectivity index (χ4n) is 2.74. The van der Waals surface area contributed by atoms with Gasteiger partial charge >= 0.3 is 6.18 Å². The summed E-state index contributed by atoms with van der Waals surface area (Å²) in [5.41, 5.74) is -0.718. The monoisotopic (exact) mass is 305 g/mol. The van der Waals surface area contributed by atoms with Gasteiger partial charge in [0.25, 0.3) is 0 Å². The molecule has 0 aliphatic heterocycles. The van der Waals surface area contributed by atoms with E-state index in [0.717, 1.165) is 37.8 Å². The van der Waals surface area contributed by atoms with Crippen LogP contribution in [0.3, 0.4) is 0 Å². The van der Waals surface area contributed by atoms with E-state index in [-0.39, 0.29) is 24.1 Å². The van der Waals surface area contributed by atoms with Crippen molar-refractivity contribution < 1.29 is 22.7 Å². The average Bonchev–Trinajstić information content (AvgIpc) is 2.39. The molecule has 0 aromatic heterocycles. The van der Waals surface area contributed by atoms with Crippen LogP contribution >= 0.6 is 0 Å². The maximum Gasteiger partial charge on any atom is 0.416 e. The first-order valence-corrected chi connectivity index (χ1v) is 7.11. The van der Waals surface area contributed by atoms with Crippen LogP contribution in [0.1, 0.15) is 36.8 Å². The molecule has 21 heavy (non-hydrogen) atoms. The zero-order valence-electron chi connectivity index (χ0n) is 11.6. The fourth-order valence-corrected chi connectivity index (χ4v) is 2.74. The summed E-state index contributed by atoms with van der Waals surface area (Å²) in [5.74, 6) is -0.770. The highest BCUT2D eigenvalue weighted by Crippen LogP contribution is 2.30. The van der Waals surface area contributed by atoms with Crippen molar-refractivity contribution in [2.24, 2.45) is 5.92 Å². The number of aliphatic hydroxyl groups excluding tert-OH is 1. The Bertz CT molecular complexity index is 475. The lowest BCUT2D eigenvalue weighted by atomic mass is 9.86. The first-order chi connectivity index (χ1) is 9.86. The maximum atomic E-state index is 13.2. The van der Waals surface area contributed by atoms with Crippen molar-refractivity contribution in [3.05, 3.63) is 35.1 Å². The third kappa shape index (κ3) is 4.68. The molecule has 2 rings (SSSR count). The maximum absolute atomic E-state index is 13.2. The number of hydrogen-bond acceptors (Lipinski definition) is 2. The molecule has 0 heterocycles.